The normalized spacial score (nSPS) is 10.6. The molecular weight excluding hydrogens is 252 g/mol. The number of rotatable bonds is 2. The fraction of sp³-hybridized carbons (Fsp3) is 0.250. The topological polar surface area (TPSA) is 17.8 Å². The van der Waals surface area contributed by atoms with Crippen molar-refractivity contribution >= 4 is 15.9 Å². The molecule has 2 rings (SSSR count). The molecule has 3 heteroatoms. The maximum atomic E-state index is 4.34. The van der Waals surface area contributed by atoms with Gasteiger partial charge in [-0.3, -0.25) is 4.68 Å². The number of hydrogen-bond acceptors (Lipinski definition) is 1. The average Bonchev–Trinajstić information content (AvgIpc) is 2.61. The molecule has 0 fully saturated rings. The molecule has 0 unspecified atom stereocenters. The van der Waals surface area contributed by atoms with Crippen molar-refractivity contribution in [1.29, 1.82) is 0 Å². The van der Waals surface area contributed by atoms with E-state index in [1.54, 1.807) is 0 Å². The lowest BCUT2D eigenvalue weighted by Crippen LogP contribution is -1.98. The van der Waals surface area contributed by atoms with Gasteiger partial charge in [-0.15, -0.1) is 0 Å². The second-order valence-corrected chi connectivity index (χ2v) is 4.38. The summed E-state index contributed by atoms with van der Waals surface area (Å²) in [5, 5.41) is 4.34. The third-order valence-corrected chi connectivity index (χ3v) is 3.09. The van der Waals surface area contributed by atoms with E-state index in [9.17, 15) is 0 Å². The lowest BCUT2D eigenvalue weighted by molar-refractivity contribution is 0.640. The zero-order valence-corrected chi connectivity index (χ0v) is 10.5. The van der Waals surface area contributed by atoms with Gasteiger partial charge in [0.15, 0.2) is 0 Å². The molecule has 78 valence electrons. The Morgan fingerprint density at radius 3 is 2.47 bits per heavy atom. The Hall–Kier alpha value is -1.09. The predicted molar refractivity (Wildman–Crippen MR) is 65.8 cm³/mol. The van der Waals surface area contributed by atoms with E-state index in [1.165, 1.54) is 16.8 Å². The van der Waals surface area contributed by atoms with Gasteiger partial charge in [0.1, 0.15) is 0 Å². The van der Waals surface area contributed by atoms with E-state index in [2.05, 4.69) is 59.1 Å². The molecule has 2 aromatic rings. The molecule has 2 nitrogen and oxygen atoms in total. The summed E-state index contributed by atoms with van der Waals surface area (Å²) in [6.07, 6.45) is 1.93. The molecule has 0 saturated carbocycles. The highest BCUT2D eigenvalue weighted by Gasteiger charge is 2.06. The monoisotopic (exact) mass is 264 g/mol. The van der Waals surface area contributed by atoms with Crippen LogP contribution in [0.4, 0.5) is 0 Å². The number of aryl methyl sites for hydroxylation is 1. The van der Waals surface area contributed by atoms with Crippen molar-refractivity contribution in [2.45, 2.75) is 20.4 Å². The molecule has 0 bridgehead atoms. The molecule has 1 heterocycles. The highest BCUT2D eigenvalue weighted by molar-refractivity contribution is 9.10. The molecule has 0 amide bonds. The van der Waals surface area contributed by atoms with Crippen molar-refractivity contribution < 1.29 is 0 Å². The van der Waals surface area contributed by atoms with Gasteiger partial charge in [-0.05, 0) is 31.5 Å². The number of hydrogen-bond donors (Lipinski definition) is 0. The largest absolute Gasteiger partial charge is 0.270 e. The number of halogens is 1. The van der Waals surface area contributed by atoms with Gasteiger partial charge in [-0.2, -0.15) is 5.10 Å². The molecule has 0 aliphatic carbocycles. The number of aromatic nitrogens is 2. The van der Waals surface area contributed by atoms with E-state index in [1.807, 2.05) is 10.9 Å². The van der Waals surface area contributed by atoms with E-state index in [4.69, 9.17) is 0 Å². The Morgan fingerprint density at radius 1 is 1.27 bits per heavy atom. The van der Waals surface area contributed by atoms with Crippen molar-refractivity contribution in [2.24, 2.45) is 0 Å². The Kier molecular flexibility index (Phi) is 2.91. The van der Waals surface area contributed by atoms with Crippen LogP contribution in [0.25, 0.3) is 11.1 Å². The third kappa shape index (κ3) is 1.97. The van der Waals surface area contributed by atoms with Crippen LogP contribution in [0.2, 0.25) is 0 Å². The molecule has 1 aromatic carbocycles. The van der Waals surface area contributed by atoms with Gasteiger partial charge in [-0.1, -0.05) is 28.1 Å². The quantitative estimate of drug-likeness (QED) is 0.810. The molecule has 0 N–H and O–H groups in total. The molecule has 1 aromatic heterocycles. The van der Waals surface area contributed by atoms with Gasteiger partial charge >= 0.3 is 0 Å². The second kappa shape index (κ2) is 4.19. The van der Waals surface area contributed by atoms with Gasteiger partial charge in [0.25, 0.3) is 0 Å². The Bertz CT molecular complexity index is 457. The fourth-order valence-electron chi connectivity index (χ4n) is 1.68. The predicted octanol–water partition coefficient (Wildman–Crippen LogP) is 3.64. The van der Waals surface area contributed by atoms with Crippen molar-refractivity contribution in [3.8, 4) is 11.1 Å². The van der Waals surface area contributed by atoms with E-state index >= 15 is 0 Å². The first-order valence-electron chi connectivity index (χ1n) is 5.00. The number of nitrogens with zero attached hydrogens (tertiary/aromatic N) is 2. The second-order valence-electron chi connectivity index (χ2n) is 3.47. The summed E-state index contributed by atoms with van der Waals surface area (Å²) >= 11 is 3.43. The van der Waals surface area contributed by atoms with Crippen molar-refractivity contribution in [2.75, 3.05) is 0 Å². The van der Waals surface area contributed by atoms with Crippen LogP contribution < -0.4 is 0 Å². The van der Waals surface area contributed by atoms with E-state index in [0.29, 0.717) is 0 Å². The van der Waals surface area contributed by atoms with Crippen LogP contribution in [-0.4, -0.2) is 9.78 Å². The van der Waals surface area contributed by atoms with Crippen molar-refractivity contribution in [3.63, 3.8) is 0 Å². The number of benzene rings is 1. The highest BCUT2D eigenvalue weighted by atomic mass is 79.9. The molecule has 15 heavy (non-hydrogen) atoms. The third-order valence-electron chi connectivity index (χ3n) is 2.56. The van der Waals surface area contributed by atoms with Crippen LogP contribution in [-0.2, 0) is 6.54 Å². The molecule has 0 saturated heterocycles. The zero-order valence-electron chi connectivity index (χ0n) is 8.87. The Labute approximate surface area is 98.1 Å². The lowest BCUT2D eigenvalue weighted by Gasteiger charge is -2.02. The summed E-state index contributed by atoms with van der Waals surface area (Å²) < 4.78 is 3.11. The first-order chi connectivity index (χ1) is 7.22. The highest BCUT2D eigenvalue weighted by Crippen LogP contribution is 2.24. The summed E-state index contributed by atoms with van der Waals surface area (Å²) in [5.41, 5.74) is 3.65. The average molecular weight is 265 g/mol. The summed E-state index contributed by atoms with van der Waals surface area (Å²) in [6.45, 7) is 5.13. The molecule has 0 atom stereocenters. The summed E-state index contributed by atoms with van der Waals surface area (Å²) in [7, 11) is 0. The minimum atomic E-state index is 0.919. The van der Waals surface area contributed by atoms with Gasteiger partial charge in [-0.25, -0.2) is 0 Å². The zero-order chi connectivity index (χ0) is 10.8. The molecule has 0 aliphatic rings. The van der Waals surface area contributed by atoms with Gasteiger partial charge in [0.05, 0.1) is 6.20 Å². The minimum Gasteiger partial charge on any atom is -0.270 e. The lowest BCUT2D eigenvalue weighted by atomic mass is 10.1. The molecule has 0 radical (unpaired) electrons. The first kappa shape index (κ1) is 10.4. The Balaban J connectivity index is 2.45. The Morgan fingerprint density at radius 2 is 1.93 bits per heavy atom. The van der Waals surface area contributed by atoms with Gasteiger partial charge < -0.3 is 0 Å². The van der Waals surface area contributed by atoms with E-state index in [-0.39, 0.29) is 0 Å². The van der Waals surface area contributed by atoms with Crippen molar-refractivity contribution in [1.82, 2.24) is 9.78 Å². The van der Waals surface area contributed by atoms with Crippen LogP contribution in [0.5, 0.6) is 0 Å². The van der Waals surface area contributed by atoms with Crippen LogP contribution in [0.3, 0.4) is 0 Å². The van der Waals surface area contributed by atoms with Crippen LogP contribution in [0.1, 0.15) is 12.6 Å². The summed E-state index contributed by atoms with van der Waals surface area (Å²) in [6, 6.07) is 8.32. The van der Waals surface area contributed by atoms with Crippen LogP contribution in [0.15, 0.2) is 34.9 Å². The molecule has 0 aliphatic heterocycles. The maximum Gasteiger partial charge on any atom is 0.0571 e. The fourth-order valence-corrected chi connectivity index (χ4v) is 1.94. The first-order valence-corrected chi connectivity index (χ1v) is 5.80. The maximum absolute atomic E-state index is 4.34. The van der Waals surface area contributed by atoms with Crippen LogP contribution in [0, 0.1) is 6.92 Å². The smallest absolute Gasteiger partial charge is 0.0571 e. The summed E-state index contributed by atoms with van der Waals surface area (Å²) in [4.78, 5) is 0. The van der Waals surface area contributed by atoms with Crippen LogP contribution >= 0.6 is 15.9 Å². The summed E-state index contributed by atoms with van der Waals surface area (Å²) in [5.74, 6) is 0. The molecular formula is C12H13BrN2. The van der Waals surface area contributed by atoms with Gasteiger partial charge in [0.2, 0.25) is 0 Å². The van der Waals surface area contributed by atoms with Crippen molar-refractivity contribution in [3.05, 3.63) is 40.6 Å². The van der Waals surface area contributed by atoms with E-state index in [0.717, 1.165) is 11.0 Å². The SMILES string of the molecule is CCn1ncc(-c2ccc(Br)cc2)c1C. The standard InChI is InChI=1S/C12H13BrN2/c1-3-15-9(2)12(8-14-15)10-4-6-11(13)7-5-10/h4-8H,3H2,1-2H3. The van der Waals surface area contributed by atoms with Gasteiger partial charge in [0, 0.05) is 22.3 Å². The van der Waals surface area contributed by atoms with E-state index < -0.39 is 0 Å². The minimum absolute atomic E-state index is 0.919. The molecule has 0 spiro atoms.